The SMILES string of the molecule is Nc1cccc(-c2nnnn2CCC(F)(F)F)c1. The molecule has 2 rings (SSSR count). The third kappa shape index (κ3) is 2.96. The Morgan fingerprint density at radius 2 is 2.06 bits per heavy atom. The van der Waals surface area contributed by atoms with Crippen molar-refractivity contribution in [3.63, 3.8) is 0 Å². The summed E-state index contributed by atoms with van der Waals surface area (Å²) in [6.07, 6.45) is -5.22. The number of hydrogen-bond acceptors (Lipinski definition) is 4. The highest BCUT2D eigenvalue weighted by Crippen LogP contribution is 2.23. The van der Waals surface area contributed by atoms with Crippen LogP contribution in [0.15, 0.2) is 24.3 Å². The van der Waals surface area contributed by atoms with Crippen LogP contribution in [0, 0.1) is 0 Å². The lowest BCUT2D eigenvalue weighted by atomic mass is 10.2. The highest BCUT2D eigenvalue weighted by Gasteiger charge is 2.27. The Kier molecular flexibility index (Phi) is 3.17. The number of rotatable bonds is 3. The van der Waals surface area contributed by atoms with Gasteiger partial charge in [0.05, 0.1) is 13.0 Å². The van der Waals surface area contributed by atoms with Gasteiger partial charge in [0.15, 0.2) is 5.82 Å². The Bertz CT molecular complexity index is 534. The number of anilines is 1. The molecule has 0 atom stereocenters. The Morgan fingerprint density at radius 3 is 2.72 bits per heavy atom. The van der Waals surface area contributed by atoms with E-state index in [1.165, 1.54) is 0 Å². The van der Waals surface area contributed by atoms with Gasteiger partial charge in [0.2, 0.25) is 0 Å². The predicted molar refractivity (Wildman–Crippen MR) is 58.3 cm³/mol. The van der Waals surface area contributed by atoms with Gasteiger partial charge in [0, 0.05) is 11.3 Å². The third-order valence-corrected chi connectivity index (χ3v) is 2.28. The van der Waals surface area contributed by atoms with Crippen molar-refractivity contribution < 1.29 is 13.2 Å². The molecule has 0 unspecified atom stereocenters. The monoisotopic (exact) mass is 257 g/mol. The van der Waals surface area contributed by atoms with Crippen molar-refractivity contribution in [2.24, 2.45) is 0 Å². The van der Waals surface area contributed by atoms with Crippen LogP contribution in [0.3, 0.4) is 0 Å². The standard InChI is InChI=1S/C10H10F3N5/c11-10(12,13)4-5-18-9(15-16-17-18)7-2-1-3-8(14)6-7/h1-3,6H,4-5,14H2. The second-order valence-electron chi connectivity index (χ2n) is 3.72. The van der Waals surface area contributed by atoms with Crippen LogP contribution in [0.2, 0.25) is 0 Å². The zero-order valence-corrected chi connectivity index (χ0v) is 9.22. The van der Waals surface area contributed by atoms with Gasteiger partial charge in [0.1, 0.15) is 0 Å². The van der Waals surface area contributed by atoms with Gasteiger partial charge >= 0.3 is 6.18 Å². The number of hydrogen-bond donors (Lipinski definition) is 1. The zero-order chi connectivity index (χ0) is 13.2. The van der Waals surface area contributed by atoms with E-state index in [4.69, 9.17) is 5.73 Å². The smallest absolute Gasteiger partial charge is 0.390 e. The lowest BCUT2D eigenvalue weighted by molar-refractivity contribution is -0.137. The van der Waals surface area contributed by atoms with Gasteiger partial charge in [-0.1, -0.05) is 12.1 Å². The molecule has 0 bridgehead atoms. The summed E-state index contributed by atoms with van der Waals surface area (Å²) in [5, 5.41) is 10.6. The highest BCUT2D eigenvalue weighted by atomic mass is 19.4. The van der Waals surface area contributed by atoms with Gasteiger partial charge < -0.3 is 5.73 Å². The van der Waals surface area contributed by atoms with Gasteiger partial charge in [-0.05, 0) is 22.6 Å². The molecule has 2 N–H and O–H groups in total. The lowest BCUT2D eigenvalue weighted by Gasteiger charge is -2.07. The molecule has 0 spiro atoms. The van der Waals surface area contributed by atoms with E-state index in [1.807, 2.05) is 0 Å². The fourth-order valence-electron chi connectivity index (χ4n) is 1.47. The maximum atomic E-state index is 12.1. The molecule has 2 aromatic rings. The zero-order valence-electron chi connectivity index (χ0n) is 9.22. The number of benzene rings is 1. The number of aryl methyl sites for hydroxylation is 1. The lowest BCUT2D eigenvalue weighted by Crippen LogP contribution is -2.14. The first-order valence-corrected chi connectivity index (χ1v) is 5.14. The summed E-state index contributed by atoms with van der Waals surface area (Å²) in [5.41, 5.74) is 6.68. The van der Waals surface area contributed by atoms with Crippen LogP contribution >= 0.6 is 0 Å². The molecule has 5 nitrogen and oxygen atoms in total. The van der Waals surface area contributed by atoms with E-state index < -0.39 is 12.6 Å². The summed E-state index contributed by atoms with van der Waals surface area (Å²) in [6.45, 7) is -0.319. The Labute approximate surface area is 100 Å². The molecule has 0 saturated heterocycles. The fourth-order valence-corrected chi connectivity index (χ4v) is 1.47. The Balaban J connectivity index is 2.23. The summed E-state index contributed by atoms with van der Waals surface area (Å²) in [4.78, 5) is 0. The quantitative estimate of drug-likeness (QED) is 0.852. The first-order chi connectivity index (χ1) is 8.46. The predicted octanol–water partition coefficient (Wildman–Crippen LogP) is 1.87. The van der Waals surface area contributed by atoms with Crippen molar-refractivity contribution in [3.8, 4) is 11.4 Å². The average Bonchev–Trinajstić information content (AvgIpc) is 2.73. The maximum absolute atomic E-state index is 12.1. The van der Waals surface area contributed by atoms with Crippen molar-refractivity contribution in [2.75, 3.05) is 5.73 Å². The fraction of sp³-hybridized carbons (Fsp3) is 0.300. The van der Waals surface area contributed by atoms with E-state index >= 15 is 0 Å². The molecule has 0 saturated carbocycles. The van der Waals surface area contributed by atoms with Crippen molar-refractivity contribution in [1.82, 2.24) is 20.2 Å². The molecule has 0 aliphatic carbocycles. The van der Waals surface area contributed by atoms with E-state index in [9.17, 15) is 13.2 Å². The minimum Gasteiger partial charge on any atom is -0.399 e. The number of alkyl halides is 3. The maximum Gasteiger partial charge on any atom is 0.390 e. The van der Waals surface area contributed by atoms with Gasteiger partial charge in [-0.2, -0.15) is 13.2 Å². The van der Waals surface area contributed by atoms with Crippen LogP contribution in [-0.2, 0) is 6.54 Å². The molecule has 0 fully saturated rings. The van der Waals surface area contributed by atoms with Gasteiger partial charge in [-0.3, -0.25) is 0 Å². The molecule has 96 valence electrons. The van der Waals surface area contributed by atoms with Crippen LogP contribution in [0.25, 0.3) is 11.4 Å². The summed E-state index contributed by atoms with van der Waals surface area (Å²) in [7, 11) is 0. The van der Waals surface area contributed by atoms with Gasteiger partial charge in [-0.15, -0.1) is 5.10 Å². The first kappa shape index (κ1) is 12.3. The number of halogens is 3. The summed E-state index contributed by atoms with van der Waals surface area (Å²) in [6, 6.07) is 6.66. The molecular formula is C10H10F3N5. The number of nitrogen functional groups attached to an aromatic ring is 1. The van der Waals surface area contributed by atoms with Gasteiger partial charge in [0.25, 0.3) is 0 Å². The van der Waals surface area contributed by atoms with E-state index in [1.54, 1.807) is 24.3 Å². The minimum atomic E-state index is -4.24. The summed E-state index contributed by atoms with van der Waals surface area (Å²) < 4.78 is 37.5. The highest BCUT2D eigenvalue weighted by molar-refractivity contribution is 5.60. The molecule has 8 heteroatoms. The molecule has 1 aromatic heterocycles. The molecule has 0 aliphatic heterocycles. The summed E-state index contributed by atoms with van der Waals surface area (Å²) >= 11 is 0. The van der Waals surface area contributed by atoms with E-state index in [-0.39, 0.29) is 12.4 Å². The summed E-state index contributed by atoms with van der Waals surface area (Å²) in [5.74, 6) is 0.270. The van der Waals surface area contributed by atoms with Crippen molar-refractivity contribution in [3.05, 3.63) is 24.3 Å². The minimum absolute atomic E-state index is 0.270. The van der Waals surface area contributed by atoms with E-state index in [0.29, 0.717) is 11.3 Å². The van der Waals surface area contributed by atoms with Gasteiger partial charge in [-0.25, -0.2) is 4.68 Å². The van der Waals surface area contributed by atoms with Crippen LogP contribution in [-0.4, -0.2) is 26.4 Å². The van der Waals surface area contributed by atoms with Crippen molar-refractivity contribution in [2.45, 2.75) is 19.1 Å². The molecule has 0 aliphatic rings. The van der Waals surface area contributed by atoms with Crippen LogP contribution in [0.1, 0.15) is 6.42 Å². The van der Waals surface area contributed by atoms with Crippen molar-refractivity contribution >= 4 is 5.69 Å². The van der Waals surface area contributed by atoms with Crippen molar-refractivity contribution in [1.29, 1.82) is 0 Å². The van der Waals surface area contributed by atoms with Crippen LogP contribution in [0.4, 0.5) is 18.9 Å². The number of aromatic nitrogens is 4. The molecular weight excluding hydrogens is 247 g/mol. The molecule has 1 aromatic carbocycles. The molecule has 1 heterocycles. The Morgan fingerprint density at radius 1 is 1.28 bits per heavy atom. The third-order valence-electron chi connectivity index (χ3n) is 2.28. The number of nitrogens with two attached hydrogens (primary N) is 1. The Hall–Kier alpha value is -2.12. The molecule has 18 heavy (non-hydrogen) atoms. The molecule has 0 amide bonds. The molecule has 0 radical (unpaired) electrons. The average molecular weight is 257 g/mol. The second-order valence-corrected chi connectivity index (χ2v) is 3.72. The normalized spacial score (nSPS) is 11.7. The largest absolute Gasteiger partial charge is 0.399 e. The van der Waals surface area contributed by atoms with Crippen LogP contribution in [0.5, 0.6) is 0 Å². The number of nitrogens with zero attached hydrogens (tertiary/aromatic N) is 4. The number of tetrazole rings is 1. The topological polar surface area (TPSA) is 69.6 Å². The van der Waals surface area contributed by atoms with E-state index in [2.05, 4.69) is 15.5 Å². The van der Waals surface area contributed by atoms with Crippen LogP contribution < -0.4 is 5.73 Å². The van der Waals surface area contributed by atoms with E-state index in [0.717, 1.165) is 4.68 Å². The first-order valence-electron chi connectivity index (χ1n) is 5.14. The second kappa shape index (κ2) is 4.63.